The van der Waals surface area contributed by atoms with Crippen molar-refractivity contribution in [1.82, 2.24) is 4.90 Å². The number of carbonyl (C=O) groups is 1. The molecule has 0 fully saturated rings. The van der Waals surface area contributed by atoms with Crippen LogP contribution in [0.15, 0.2) is 24.3 Å². The quantitative estimate of drug-likeness (QED) is 0.726. The molecule has 20 heavy (non-hydrogen) atoms. The molecule has 0 unspecified atom stereocenters. The first-order valence-corrected chi connectivity index (χ1v) is 7.81. The SMILES string of the molecule is CCC[C@@H](C)c1ccccc1C(=O)N(C(C)C)C(C)C. The van der Waals surface area contributed by atoms with Crippen LogP contribution in [0.3, 0.4) is 0 Å². The van der Waals surface area contributed by atoms with Crippen molar-refractivity contribution in [3.8, 4) is 0 Å². The van der Waals surface area contributed by atoms with E-state index in [-0.39, 0.29) is 18.0 Å². The Bertz CT molecular complexity index is 429. The van der Waals surface area contributed by atoms with Gasteiger partial charge in [-0.3, -0.25) is 4.79 Å². The van der Waals surface area contributed by atoms with Crippen LogP contribution in [0.1, 0.15) is 76.2 Å². The summed E-state index contributed by atoms with van der Waals surface area (Å²) < 4.78 is 0. The Balaban J connectivity index is 3.15. The summed E-state index contributed by atoms with van der Waals surface area (Å²) in [5.74, 6) is 0.592. The van der Waals surface area contributed by atoms with Gasteiger partial charge in [-0.05, 0) is 51.7 Å². The molecule has 1 amide bonds. The van der Waals surface area contributed by atoms with Crippen LogP contribution < -0.4 is 0 Å². The maximum Gasteiger partial charge on any atom is 0.254 e. The second-order valence-corrected chi connectivity index (χ2v) is 6.18. The molecule has 0 heterocycles. The molecule has 1 aromatic rings. The summed E-state index contributed by atoms with van der Waals surface area (Å²) in [4.78, 5) is 14.9. The smallest absolute Gasteiger partial charge is 0.254 e. The molecular formula is C18H29NO. The van der Waals surface area contributed by atoms with Crippen molar-refractivity contribution >= 4 is 5.91 Å². The predicted molar refractivity (Wildman–Crippen MR) is 86.2 cm³/mol. The molecule has 2 nitrogen and oxygen atoms in total. The molecule has 112 valence electrons. The summed E-state index contributed by atoms with van der Waals surface area (Å²) in [7, 11) is 0. The molecule has 0 N–H and O–H groups in total. The van der Waals surface area contributed by atoms with Crippen LogP contribution in [-0.4, -0.2) is 22.9 Å². The standard InChI is InChI=1S/C18H29NO/c1-7-10-15(6)16-11-8-9-12-17(16)18(20)19(13(2)3)14(4)5/h8-9,11-15H,7,10H2,1-6H3/t15-/m1/s1. The van der Waals surface area contributed by atoms with Crippen molar-refractivity contribution in [2.24, 2.45) is 0 Å². The van der Waals surface area contributed by atoms with Crippen LogP contribution >= 0.6 is 0 Å². The third-order valence-electron chi connectivity index (χ3n) is 3.79. The van der Waals surface area contributed by atoms with Gasteiger partial charge in [0.1, 0.15) is 0 Å². The van der Waals surface area contributed by atoms with E-state index in [1.165, 1.54) is 5.56 Å². The molecule has 0 aromatic heterocycles. The van der Waals surface area contributed by atoms with Gasteiger partial charge in [-0.1, -0.05) is 38.5 Å². The maximum atomic E-state index is 12.9. The lowest BCUT2D eigenvalue weighted by atomic mass is 9.91. The number of nitrogens with zero attached hydrogens (tertiary/aromatic N) is 1. The molecule has 0 radical (unpaired) electrons. The average molecular weight is 275 g/mol. The lowest BCUT2D eigenvalue weighted by Gasteiger charge is -2.32. The monoisotopic (exact) mass is 275 g/mol. The Morgan fingerprint density at radius 1 is 1.05 bits per heavy atom. The summed E-state index contributed by atoms with van der Waals surface area (Å²) in [6, 6.07) is 8.52. The fourth-order valence-electron chi connectivity index (χ4n) is 2.91. The van der Waals surface area contributed by atoms with Crippen LogP contribution in [0.4, 0.5) is 0 Å². The first kappa shape index (κ1) is 16.7. The molecule has 0 aliphatic carbocycles. The maximum absolute atomic E-state index is 12.9. The van der Waals surface area contributed by atoms with Gasteiger partial charge in [0.15, 0.2) is 0 Å². The molecule has 1 atom stereocenters. The van der Waals surface area contributed by atoms with E-state index in [0.717, 1.165) is 18.4 Å². The van der Waals surface area contributed by atoms with E-state index in [0.29, 0.717) is 5.92 Å². The molecule has 0 bridgehead atoms. The van der Waals surface area contributed by atoms with E-state index in [9.17, 15) is 4.79 Å². The van der Waals surface area contributed by atoms with E-state index in [2.05, 4.69) is 47.6 Å². The minimum atomic E-state index is 0.161. The average Bonchev–Trinajstić information content (AvgIpc) is 2.38. The van der Waals surface area contributed by atoms with Gasteiger partial charge in [0.25, 0.3) is 5.91 Å². The highest BCUT2D eigenvalue weighted by molar-refractivity contribution is 5.96. The molecule has 0 saturated carbocycles. The van der Waals surface area contributed by atoms with E-state index < -0.39 is 0 Å². The molecule has 1 rings (SSSR count). The van der Waals surface area contributed by atoms with Crippen molar-refractivity contribution in [2.75, 3.05) is 0 Å². The van der Waals surface area contributed by atoms with E-state index in [1.54, 1.807) is 0 Å². The van der Waals surface area contributed by atoms with Gasteiger partial charge in [0.05, 0.1) is 0 Å². The van der Waals surface area contributed by atoms with Crippen molar-refractivity contribution in [2.45, 2.75) is 72.4 Å². The minimum absolute atomic E-state index is 0.161. The minimum Gasteiger partial charge on any atom is -0.334 e. The Hall–Kier alpha value is -1.31. The Kier molecular flexibility index (Phi) is 6.25. The number of amides is 1. The number of rotatable bonds is 6. The van der Waals surface area contributed by atoms with E-state index >= 15 is 0 Å². The van der Waals surface area contributed by atoms with Crippen LogP contribution in [0, 0.1) is 0 Å². The van der Waals surface area contributed by atoms with Gasteiger partial charge < -0.3 is 4.90 Å². The normalized spacial score (nSPS) is 12.8. The number of benzene rings is 1. The molecule has 2 heteroatoms. The first-order chi connectivity index (χ1) is 9.40. The van der Waals surface area contributed by atoms with Crippen LogP contribution in [0.2, 0.25) is 0 Å². The van der Waals surface area contributed by atoms with Gasteiger partial charge in [-0.2, -0.15) is 0 Å². The zero-order valence-electron chi connectivity index (χ0n) is 13.8. The van der Waals surface area contributed by atoms with Crippen molar-refractivity contribution < 1.29 is 4.79 Å². The lowest BCUT2D eigenvalue weighted by Crippen LogP contribution is -2.42. The Morgan fingerprint density at radius 3 is 2.10 bits per heavy atom. The zero-order valence-corrected chi connectivity index (χ0v) is 13.8. The Morgan fingerprint density at radius 2 is 1.60 bits per heavy atom. The summed E-state index contributed by atoms with van der Waals surface area (Å²) in [6.07, 6.45) is 2.26. The van der Waals surface area contributed by atoms with Crippen molar-refractivity contribution in [3.63, 3.8) is 0 Å². The van der Waals surface area contributed by atoms with Gasteiger partial charge in [0.2, 0.25) is 0 Å². The van der Waals surface area contributed by atoms with Crippen LogP contribution in [0.25, 0.3) is 0 Å². The Labute approximate surface area is 124 Å². The fraction of sp³-hybridized carbons (Fsp3) is 0.611. The lowest BCUT2D eigenvalue weighted by molar-refractivity contribution is 0.0642. The van der Waals surface area contributed by atoms with Gasteiger partial charge >= 0.3 is 0 Å². The molecule has 0 spiro atoms. The van der Waals surface area contributed by atoms with Gasteiger partial charge in [-0.25, -0.2) is 0 Å². The summed E-state index contributed by atoms with van der Waals surface area (Å²) in [5.41, 5.74) is 2.06. The van der Waals surface area contributed by atoms with Crippen molar-refractivity contribution in [1.29, 1.82) is 0 Å². The zero-order chi connectivity index (χ0) is 15.3. The topological polar surface area (TPSA) is 20.3 Å². The molecule has 0 aliphatic heterocycles. The molecular weight excluding hydrogens is 246 g/mol. The highest BCUT2D eigenvalue weighted by atomic mass is 16.2. The first-order valence-electron chi connectivity index (χ1n) is 7.81. The fourth-order valence-corrected chi connectivity index (χ4v) is 2.91. The van der Waals surface area contributed by atoms with Gasteiger partial charge in [0, 0.05) is 17.6 Å². The number of hydrogen-bond acceptors (Lipinski definition) is 1. The summed E-state index contributed by atoms with van der Waals surface area (Å²) in [6.45, 7) is 12.7. The second-order valence-electron chi connectivity index (χ2n) is 6.18. The van der Waals surface area contributed by atoms with Crippen LogP contribution in [-0.2, 0) is 0 Å². The summed E-state index contributed by atoms with van der Waals surface area (Å²) >= 11 is 0. The highest BCUT2D eigenvalue weighted by Crippen LogP contribution is 2.26. The molecule has 0 aliphatic rings. The van der Waals surface area contributed by atoms with Crippen molar-refractivity contribution in [3.05, 3.63) is 35.4 Å². The van der Waals surface area contributed by atoms with Crippen LogP contribution in [0.5, 0.6) is 0 Å². The van der Waals surface area contributed by atoms with E-state index in [4.69, 9.17) is 0 Å². The number of carbonyl (C=O) groups excluding carboxylic acids is 1. The third kappa shape index (κ3) is 3.84. The van der Waals surface area contributed by atoms with E-state index in [1.807, 2.05) is 23.1 Å². The highest BCUT2D eigenvalue weighted by Gasteiger charge is 2.24. The third-order valence-corrected chi connectivity index (χ3v) is 3.79. The number of hydrogen-bond donors (Lipinski definition) is 0. The predicted octanol–water partition coefficient (Wildman–Crippen LogP) is 4.85. The second kappa shape index (κ2) is 7.47. The summed E-state index contributed by atoms with van der Waals surface area (Å²) in [5, 5.41) is 0. The largest absolute Gasteiger partial charge is 0.334 e. The molecule has 1 aromatic carbocycles. The molecule has 0 saturated heterocycles. The van der Waals surface area contributed by atoms with Gasteiger partial charge in [-0.15, -0.1) is 0 Å².